The number of carbonyl (C=O) groups is 1. The lowest BCUT2D eigenvalue weighted by Gasteiger charge is -2.23. The van der Waals surface area contributed by atoms with Gasteiger partial charge in [0.15, 0.2) is 0 Å². The zero-order valence-electron chi connectivity index (χ0n) is 9.72. The van der Waals surface area contributed by atoms with Gasteiger partial charge < -0.3 is 15.8 Å². The molecule has 0 aromatic rings. The molecule has 1 rings (SSSR count). The van der Waals surface area contributed by atoms with E-state index >= 15 is 0 Å². The van der Waals surface area contributed by atoms with E-state index in [1.807, 2.05) is 0 Å². The quantitative estimate of drug-likeness (QED) is 0.727. The van der Waals surface area contributed by atoms with Crippen molar-refractivity contribution >= 4 is 6.09 Å². The molecule has 94 valence electrons. The number of halogens is 2. The zero-order chi connectivity index (χ0) is 12.6. The van der Waals surface area contributed by atoms with Gasteiger partial charge >= 0.3 is 6.09 Å². The normalized spacial score (nSPS) is 28.9. The first kappa shape index (κ1) is 13.2. The third kappa shape index (κ3) is 3.92. The van der Waals surface area contributed by atoms with E-state index in [1.54, 1.807) is 20.8 Å². The first-order valence-corrected chi connectivity index (χ1v) is 5.22. The summed E-state index contributed by atoms with van der Waals surface area (Å²) in [5.74, 6) is -2.79. The van der Waals surface area contributed by atoms with Crippen molar-refractivity contribution in [1.82, 2.24) is 5.32 Å². The van der Waals surface area contributed by atoms with Crippen LogP contribution < -0.4 is 11.1 Å². The van der Waals surface area contributed by atoms with E-state index < -0.39 is 42.5 Å². The maximum Gasteiger partial charge on any atom is 0.407 e. The van der Waals surface area contributed by atoms with Crippen molar-refractivity contribution in [1.29, 1.82) is 0 Å². The fraction of sp³-hybridized carbons (Fsp3) is 0.900. The van der Waals surface area contributed by atoms with E-state index in [0.717, 1.165) is 0 Å². The Bertz CT molecular complexity index is 276. The van der Waals surface area contributed by atoms with Crippen LogP contribution in [-0.2, 0) is 4.74 Å². The number of amides is 1. The molecule has 0 saturated heterocycles. The van der Waals surface area contributed by atoms with Crippen molar-refractivity contribution in [2.75, 3.05) is 0 Å². The summed E-state index contributed by atoms with van der Waals surface area (Å²) in [6.07, 6.45) is -1.52. The van der Waals surface area contributed by atoms with Crippen molar-refractivity contribution in [3.8, 4) is 0 Å². The highest BCUT2D eigenvalue weighted by atomic mass is 19.3. The first-order chi connectivity index (χ1) is 7.09. The number of hydrogen-bond donors (Lipinski definition) is 2. The molecule has 1 amide bonds. The largest absolute Gasteiger partial charge is 0.444 e. The molecule has 0 radical (unpaired) electrons. The zero-order valence-corrected chi connectivity index (χ0v) is 9.72. The van der Waals surface area contributed by atoms with E-state index in [0.29, 0.717) is 0 Å². The van der Waals surface area contributed by atoms with Crippen LogP contribution in [0.5, 0.6) is 0 Å². The molecule has 16 heavy (non-hydrogen) atoms. The van der Waals surface area contributed by atoms with Crippen molar-refractivity contribution in [2.45, 2.75) is 57.2 Å². The third-order valence-electron chi connectivity index (χ3n) is 2.27. The van der Waals surface area contributed by atoms with Gasteiger partial charge in [0.1, 0.15) is 5.60 Å². The van der Waals surface area contributed by atoms with Gasteiger partial charge in [0.2, 0.25) is 0 Å². The van der Waals surface area contributed by atoms with Gasteiger partial charge in [-0.15, -0.1) is 0 Å². The highest BCUT2D eigenvalue weighted by Crippen LogP contribution is 2.34. The van der Waals surface area contributed by atoms with E-state index in [4.69, 9.17) is 10.5 Å². The van der Waals surface area contributed by atoms with Crippen molar-refractivity contribution in [2.24, 2.45) is 5.73 Å². The monoisotopic (exact) mass is 236 g/mol. The van der Waals surface area contributed by atoms with Crippen LogP contribution in [0.4, 0.5) is 13.6 Å². The van der Waals surface area contributed by atoms with Gasteiger partial charge in [0, 0.05) is 18.9 Å². The summed E-state index contributed by atoms with van der Waals surface area (Å²) >= 11 is 0. The van der Waals surface area contributed by atoms with Gasteiger partial charge in [-0.3, -0.25) is 0 Å². The van der Waals surface area contributed by atoms with Gasteiger partial charge in [0.25, 0.3) is 5.92 Å². The molecule has 0 aromatic carbocycles. The molecule has 4 nitrogen and oxygen atoms in total. The van der Waals surface area contributed by atoms with Gasteiger partial charge in [-0.1, -0.05) is 0 Å². The number of alkyl halides is 2. The maximum atomic E-state index is 13.0. The van der Waals surface area contributed by atoms with Crippen molar-refractivity contribution in [3.63, 3.8) is 0 Å². The predicted octanol–water partition coefficient (Wildman–Crippen LogP) is 1.64. The Morgan fingerprint density at radius 1 is 1.44 bits per heavy atom. The molecule has 0 bridgehead atoms. The molecule has 3 N–H and O–H groups in total. The van der Waals surface area contributed by atoms with Crippen LogP contribution in [0.2, 0.25) is 0 Å². The number of alkyl carbamates (subject to hydrolysis) is 1. The molecule has 2 unspecified atom stereocenters. The first-order valence-electron chi connectivity index (χ1n) is 5.22. The molecular weight excluding hydrogens is 218 g/mol. The Kier molecular flexibility index (Phi) is 3.42. The number of ether oxygens (including phenoxy) is 1. The molecule has 1 saturated carbocycles. The van der Waals surface area contributed by atoms with Crippen LogP contribution >= 0.6 is 0 Å². The van der Waals surface area contributed by atoms with Crippen LogP contribution in [0.25, 0.3) is 0 Å². The second-order valence-corrected chi connectivity index (χ2v) is 5.18. The average molecular weight is 236 g/mol. The smallest absolute Gasteiger partial charge is 0.407 e. The standard InChI is InChI=1S/C10H18F2N2O2/c1-9(2,3)16-8(15)14-7-5-10(11,12)4-6(7)13/h6-7H,4-5,13H2,1-3H3,(H,14,15). The molecule has 6 heteroatoms. The van der Waals surface area contributed by atoms with Crippen LogP contribution in [0, 0.1) is 0 Å². The Balaban J connectivity index is 2.47. The van der Waals surface area contributed by atoms with E-state index in [-0.39, 0.29) is 0 Å². The van der Waals surface area contributed by atoms with Gasteiger partial charge in [-0.25, -0.2) is 13.6 Å². The molecule has 1 aliphatic rings. The second-order valence-electron chi connectivity index (χ2n) is 5.18. The van der Waals surface area contributed by atoms with E-state index in [1.165, 1.54) is 0 Å². The Hall–Kier alpha value is -0.910. The molecule has 1 aliphatic carbocycles. The number of hydrogen-bond acceptors (Lipinski definition) is 3. The summed E-state index contributed by atoms with van der Waals surface area (Å²) in [6, 6.07) is -1.44. The minimum absolute atomic E-state index is 0.395. The Morgan fingerprint density at radius 3 is 2.38 bits per heavy atom. The summed E-state index contributed by atoms with van der Waals surface area (Å²) in [7, 11) is 0. The second kappa shape index (κ2) is 4.16. The number of nitrogens with one attached hydrogen (secondary N) is 1. The number of rotatable bonds is 1. The summed E-state index contributed by atoms with van der Waals surface area (Å²) in [4.78, 5) is 11.3. The summed E-state index contributed by atoms with van der Waals surface area (Å²) in [5.41, 5.74) is 4.87. The summed E-state index contributed by atoms with van der Waals surface area (Å²) < 4.78 is 30.9. The van der Waals surface area contributed by atoms with Gasteiger partial charge in [-0.2, -0.15) is 0 Å². The highest BCUT2D eigenvalue weighted by Gasteiger charge is 2.45. The van der Waals surface area contributed by atoms with Crippen LogP contribution in [0.1, 0.15) is 33.6 Å². The van der Waals surface area contributed by atoms with Gasteiger partial charge in [-0.05, 0) is 20.8 Å². The lowest BCUT2D eigenvalue weighted by molar-refractivity contribution is 0.00532. The predicted molar refractivity (Wildman–Crippen MR) is 55.3 cm³/mol. The molecule has 0 heterocycles. The van der Waals surface area contributed by atoms with E-state index in [9.17, 15) is 13.6 Å². The van der Waals surface area contributed by atoms with Gasteiger partial charge in [0.05, 0.1) is 6.04 Å². The lowest BCUT2D eigenvalue weighted by atomic mass is 10.2. The summed E-state index contributed by atoms with van der Waals surface area (Å²) in [6.45, 7) is 5.11. The Labute approximate surface area is 93.5 Å². The van der Waals surface area contributed by atoms with Crippen molar-refractivity contribution < 1.29 is 18.3 Å². The topological polar surface area (TPSA) is 64.3 Å². The molecule has 2 atom stereocenters. The van der Waals surface area contributed by atoms with Crippen LogP contribution in [0.3, 0.4) is 0 Å². The number of nitrogens with two attached hydrogens (primary N) is 1. The highest BCUT2D eigenvalue weighted by molar-refractivity contribution is 5.68. The molecule has 1 fully saturated rings. The van der Waals surface area contributed by atoms with Crippen molar-refractivity contribution in [3.05, 3.63) is 0 Å². The maximum absolute atomic E-state index is 13.0. The average Bonchev–Trinajstić information content (AvgIpc) is 2.19. The fourth-order valence-corrected chi connectivity index (χ4v) is 1.66. The summed E-state index contributed by atoms with van der Waals surface area (Å²) in [5, 5.41) is 2.37. The molecular formula is C10H18F2N2O2. The molecule has 0 aliphatic heterocycles. The van der Waals surface area contributed by atoms with Crippen LogP contribution in [-0.4, -0.2) is 29.7 Å². The fourth-order valence-electron chi connectivity index (χ4n) is 1.66. The lowest BCUT2D eigenvalue weighted by Crippen LogP contribution is -2.45. The number of carbonyl (C=O) groups excluding carboxylic acids is 1. The van der Waals surface area contributed by atoms with E-state index in [2.05, 4.69) is 5.32 Å². The Morgan fingerprint density at radius 2 is 2.00 bits per heavy atom. The SMILES string of the molecule is CC(C)(C)OC(=O)NC1CC(F)(F)CC1N. The molecule has 0 spiro atoms. The van der Waals surface area contributed by atoms with Crippen LogP contribution in [0.15, 0.2) is 0 Å². The third-order valence-corrected chi connectivity index (χ3v) is 2.27. The minimum Gasteiger partial charge on any atom is -0.444 e. The minimum atomic E-state index is -2.79. The molecule has 0 aromatic heterocycles.